The Morgan fingerprint density at radius 2 is 1.07 bits per heavy atom. The maximum Gasteiger partial charge on any atom is 3.00 e. The summed E-state index contributed by atoms with van der Waals surface area (Å²) in [5, 5.41) is 35.6. The first kappa shape index (κ1) is 40.6. The van der Waals surface area contributed by atoms with E-state index in [1.165, 1.54) is 0 Å². The number of para-hydroxylation sites is 1. The summed E-state index contributed by atoms with van der Waals surface area (Å²) in [6.45, 7) is 26.7. The Bertz CT molecular complexity index is 1560. The number of aliphatic imine (C=N–C) groups is 2. The van der Waals surface area contributed by atoms with Gasteiger partial charge in [0, 0.05) is 18.4 Å². The van der Waals surface area contributed by atoms with Gasteiger partial charge < -0.3 is 20.1 Å². The number of carbonyl (C=O) groups excluding carboxylic acids is 1. The Morgan fingerprint density at radius 3 is 1.46 bits per heavy atom. The molecule has 46 heavy (non-hydrogen) atoms. The quantitative estimate of drug-likeness (QED) is 0.269. The Labute approximate surface area is 287 Å². The molecule has 0 N–H and O–H groups in total. The van der Waals surface area contributed by atoms with Crippen LogP contribution in [0.3, 0.4) is 0 Å². The van der Waals surface area contributed by atoms with E-state index in [1.807, 2.05) is 48.5 Å². The summed E-state index contributed by atoms with van der Waals surface area (Å²) in [5.74, 6) is -1.04. The molecule has 3 aromatic rings. The number of nitrogens with zero attached hydrogens (tertiary/aromatic N) is 2. The molecule has 0 atom stereocenters. The van der Waals surface area contributed by atoms with Gasteiger partial charge in [0.15, 0.2) is 0 Å². The number of carboxylic acids is 1. The van der Waals surface area contributed by atoms with Crippen molar-refractivity contribution in [2.75, 3.05) is 0 Å². The van der Waals surface area contributed by atoms with Gasteiger partial charge in [-0.05, 0) is 73.6 Å². The molecule has 0 radical (unpaired) electrons. The van der Waals surface area contributed by atoms with Crippen LogP contribution in [-0.2, 0) is 49.8 Å². The van der Waals surface area contributed by atoms with Crippen LogP contribution in [0.25, 0.3) is 0 Å². The molecule has 0 saturated carbocycles. The van der Waals surface area contributed by atoms with Crippen LogP contribution in [0.4, 0.5) is 5.69 Å². The minimum atomic E-state index is -1.08. The zero-order valence-electron chi connectivity index (χ0n) is 29.8. The molecular formula is C39H51CoN2O4. The van der Waals surface area contributed by atoms with Gasteiger partial charge in [-0.1, -0.05) is 137 Å². The predicted octanol–water partition coefficient (Wildman–Crippen LogP) is 7.15. The second-order valence-corrected chi connectivity index (χ2v) is 15.7. The van der Waals surface area contributed by atoms with Gasteiger partial charge in [0.1, 0.15) is 0 Å². The largest absolute Gasteiger partial charge is 3.00 e. The Balaban J connectivity index is 0.00000199. The molecule has 3 aromatic carbocycles. The number of hydrogen-bond acceptors (Lipinski definition) is 6. The van der Waals surface area contributed by atoms with Gasteiger partial charge >= 0.3 is 16.8 Å². The van der Waals surface area contributed by atoms with Gasteiger partial charge in [-0.3, -0.25) is 9.98 Å². The summed E-state index contributed by atoms with van der Waals surface area (Å²) in [5.41, 5.74) is 5.98. The van der Waals surface area contributed by atoms with Crippen LogP contribution in [0, 0.1) is 0 Å². The molecule has 0 unspecified atom stereocenters. The Hall–Kier alpha value is -3.42. The topological polar surface area (TPSA) is 111 Å². The van der Waals surface area contributed by atoms with Crippen molar-refractivity contribution in [2.45, 2.75) is 118 Å². The van der Waals surface area contributed by atoms with Gasteiger partial charge in [-0.25, -0.2) is 0 Å². The predicted molar refractivity (Wildman–Crippen MR) is 182 cm³/mol. The number of carbonyl (C=O) groups is 1. The summed E-state index contributed by atoms with van der Waals surface area (Å²) < 4.78 is 0. The first-order chi connectivity index (χ1) is 20.4. The van der Waals surface area contributed by atoms with Crippen molar-refractivity contribution < 1.29 is 36.9 Å². The van der Waals surface area contributed by atoms with Crippen molar-refractivity contribution in [2.24, 2.45) is 9.98 Å². The van der Waals surface area contributed by atoms with Crippen LogP contribution in [0.5, 0.6) is 11.5 Å². The number of hydrogen-bond donors (Lipinski definition) is 0. The van der Waals surface area contributed by atoms with E-state index in [0.717, 1.165) is 40.4 Å². The Kier molecular flexibility index (Phi) is 13.6. The molecule has 0 fully saturated rings. The number of rotatable bonds is 5. The van der Waals surface area contributed by atoms with Crippen LogP contribution >= 0.6 is 0 Å². The monoisotopic (exact) mass is 670 g/mol. The summed E-state index contributed by atoms with van der Waals surface area (Å²) in [6.07, 6.45) is 3.39. The third-order valence-corrected chi connectivity index (χ3v) is 7.41. The fraction of sp³-hybridized carbons (Fsp3) is 0.462. The van der Waals surface area contributed by atoms with Crippen LogP contribution in [0.1, 0.15) is 129 Å². The van der Waals surface area contributed by atoms with Crippen LogP contribution in [-0.4, -0.2) is 18.4 Å². The van der Waals surface area contributed by atoms with Crippen LogP contribution in [0.15, 0.2) is 58.5 Å². The maximum absolute atomic E-state index is 13.4. The molecule has 0 spiro atoms. The van der Waals surface area contributed by atoms with Crippen LogP contribution in [0.2, 0.25) is 0 Å². The number of carboxylic acid groups (broad SMARTS) is 1. The fourth-order valence-corrected chi connectivity index (χ4v) is 4.63. The molecule has 250 valence electrons. The molecule has 6 nitrogen and oxygen atoms in total. The van der Waals surface area contributed by atoms with Crippen LogP contribution < -0.4 is 15.3 Å². The molecule has 0 aliphatic rings. The molecule has 0 aliphatic heterocycles. The average Bonchev–Trinajstić information content (AvgIpc) is 2.86. The van der Waals surface area contributed by atoms with E-state index in [2.05, 4.69) is 88.1 Å². The van der Waals surface area contributed by atoms with Gasteiger partial charge in [0.25, 0.3) is 0 Å². The standard InChI is InChI=1S/C37H50N2O2.C2H4O2.Co/c1-34(2,3)27-17-25(32(40)29(19-27)36(7,8)9)22-38-21-24-15-13-14-16-31(24)39-23-26-18-28(35(4,5)6)20-30(33(26)41)37(10,11)12;1-2(3)4;/h13-20,22-23,40-41H,21H2,1-12H3;1H3,(H,3,4);/q;;+3/p-3. The van der Waals surface area contributed by atoms with Gasteiger partial charge in [0.2, 0.25) is 0 Å². The van der Waals surface area contributed by atoms with E-state index in [9.17, 15) is 10.2 Å². The van der Waals surface area contributed by atoms with E-state index in [4.69, 9.17) is 14.9 Å². The maximum atomic E-state index is 13.4. The van der Waals surface area contributed by atoms with E-state index < -0.39 is 5.97 Å². The second-order valence-electron chi connectivity index (χ2n) is 15.7. The van der Waals surface area contributed by atoms with Crippen molar-refractivity contribution in [3.63, 3.8) is 0 Å². The summed E-state index contributed by atoms with van der Waals surface area (Å²) in [6, 6.07) is 15.8. The smallest absolute Gasteiger partial charge is 0.872 e. The third-order valence-electron chi connectivity index (χ3n) is 7.41. The van der Waals surface area contributed by atoms with Gasteiger partial charge in [0.05, 0.1) is 12.2 Å². The van der Waals surface area contributed by atoms with Crippen molar-refractivity contribution in [1.82, 2.24) is 0 Å². The fourth-order valence-electron chi connectivity index (χ4n) is 4.63. The molecule has 0 amide bonds. The summed E-state index contributed by atoms with van der Waals surface area (Å²) >= 11 is 0. The number of aliphatic carboxylic acids is 1. The van der Waals surface area contributed by atoms with Crippen molar-refractivity contribution in [1.29, 1.82) is 0 Å². The first-order valence-electron chi connectivity index (χ1n) is 15.4. The van der Waals surface area contributed by atoms with E-state index >= 15 is 0 Å². The molecule has 7 heteroatoms. The first-order valence-corrected chi connectivity index (χ1v) is 15.4. The average molecular weight is 671 g/mol. The molecule has 0 bridgehead atoms. The zero-order valence-corrected chi connectivity index (χ0v) is 30.9. The zero-order chi connectivity index (χ0) is 34.5. The summed E-state index contributed by atoms with van der Waals surface area (Å²) in [4.78, 5) is 18.3. The van der Waals surface area contributed by atoms with E-state index in [-0.39, 0.29) is 49.9 Å². The third kappa shape index (κ3) is 11.4. The van der Waals surface area contributed by atoms with Gasteiger partial charge in [-0.2, -0.15) is 0 Å². The van der Waals surface area contributed by atoms with E-state index in [0.29, 0.717) is 17.7 Å². The molecule has 0 saturated heterocycles. The molecule has 0 aromatic heterocycles. The minimum absolute atomic E-state index is 0. The molecule has 0 heterocycles. The number of benzene rings is 3. The normalized spacial score (nSPS) is 12.5. The van der Waals surface area contributed by atoms with Crippen molar-refractivity contribution >= 4 is 24.1 Å². The van der Waals surface area contributed by atoms with E-state index in [1.54, 1.807) is 12.4 Å². The second kappa shape index (κ2) is 15.4. The molecular weight excluding hydrogens is 619 g/mol. The van der Waals surface area contributed by atoms with Crippen molar-refractivity contribution in [3.8, 4) is 11.5 Å². The Morgan fingerprint density at radius 1 is 0.674 bits per heavy atom. The van der Waals surface area contributed by atoms with Gasteiger partial charge in [-0.15, -0.1) is 0 Å². The van der Waals surface area contributed by atoms with Crippen molar-refractivity contribution in [3.05, 3.63) is 87.5 Å². The summed E-state index contributed by atoms with van der Waals surface area (Å²) in [7, 11) is 0. The molecule has 0 aliphatic carbocycles. The minimum Gasteiger partial charge on any atom is -0.872 e. The SMILES string of the molecule is CC(=O)[O-].CC(C)(C)c1cc(C=NCc2ccccc2N=Cc2cc(C(C)(C)C)cc(C(C)(C)C)c2[O-])c([O-])c(C(C)(C)C)c1.[Co+3]. The molecule has 3 rings (SSSR count).